The number of rotatable bonds is 13. The number of hydrogen-bond acceptors (Lipinski definition) is 11. The van der Waals surface area contributed by atoms with Crippen molar-refractivity contribution in [1.29, 1.82) is 0 Å². The third-order valence-corrected chi connectivity index (χ3v) is 9.92. The molecule has 45 heavy (non-hydrogen) atoms. The molecule has 1 saturated carbocycles. The van der Waals surface area contributed by atoms with Crippen molar-refractivity contribution >= 4 is 25.4 Å². The van der Waals surface area contributed by atoms with Gasteiger partial charge in [0, 0.05) is 6.20 Å². The molecule has 0 bridgehead atoms. The van der Waals surface area contributed by atoms with Crippen LogP contribution in [0.25, 0.3) is 0 Å². The van der Waals surface area contributed by atoms with Gasteiger partial charge in [-0.3, -0.25) is 18.7 Å². The number of nitrogens with two attached hydrogens (primary N) is 1. The zero-order valence-corrected chi connectivity index (χ0v) is 26.3. The van der Waals surface area contributed by atoms with Gasteiger partial charge in [-0.2, -0.15) is 4.98 Å². The molecular weight excluding hydrogens is 601 g/mol. The minimum absolute atomic E-state index is 0.0658. The molecular formula is C32H38N3O9P. The van der Waals surface area contributed by atoms with Crippen molar-refractivity contribution in [3.05, 3.63) is 89.0 Å². The van der Waals surface area contributed by atoms with Gasteiger partial charge >= 0.3 is 25.2 Å². The van der Waals surface area contributed by atoms with Gasteiger partial charge in [0.1, 0.15) is 36.6 Å². The Morgan fingerprint density at radius 3 is 2.33 bits per heavy atom. The van der Waals surface area contributed by atoms with E-state index in [1.165, 1.54) is 16.8 Å². The molecule has 5 rings (SSSR count). The average molecular weight is 640 g/mol. The Morgan fingerprint density at radius 2 is 1.71 bits per heavy atom. The van der Waals surface area contributed by atoms with Gasteiger partial charge in [0.25, 0.3) is 0 Å². The van der Waals surface area contributed by atoms with Gasteiger partial charge in [-0.05, 0) is 36.6 Å². The lowest BCUT2D eigenvalue weighted by atomic mass is 9.96. The minimum Gasteiger partial charge on any atom is -0.461 e. The number of esters is 2. The number of aromatic nitrogens is 2. The summed E-state index contributed by atoms with van der Waals surface area (Å²) >= 11 is 0. The lowest BCUT2D eigenvalue weighted by molar-refractivity contribution is -0.158. The molecule has 0 radical (unpaired) electrons. The summed E-state index contributed by atoms with van der Waals surface area (Å²) < 4.78 is 45.3. The predicted molar refractivity (Wildman–Crippen MR) is 164 cm³/mol. The molecule has 1 aromatic heterocycles. The minimum atomic E-state index is -4.03. The summed E-state index contributed by atoms with van der Waals surface area (Å²) in [5, 5.41) is 0. The number of benzene rings is 2. The van der Waals surface area contributed by atoms with E-state index in [2.05, 4.69) is 4.98 Å². The van der Waals surface area contributed by atoms with Gasteiger partial charge in [-0.1, -0.05) is 69.3 Å². The molecule has 2 aliphatic rings. The number of para-hydroxylation sites is 1. The van der Waals surface area contributed by atoms with Crippen molar-refractivity contribution in [2.75, 3.05) is 18.5 Å². The lowest BCUT2D eigenvalue weighted by Crippen LogP contribution is -2.38. The van der Waals surface area contributed by atoms with Gasteiger partial charge in [-0.25, -0.2) is 9.36 Å². The highest BCUT2D eigenvalue weighted by Gasteiger charge is 2.67. The van der Waals surface area contributed by atoms with E-state index < -0.39 is 60.9 Å². The molecule has 2 aromatic carbocycles. The third kappa shape index (κ3) is 7.64. The fourth-order valence-corrected chi connectivity index (χ4v) is 7.18. The van der Waals surface area contributed by atoms with Crippen LogP contribution in [-0.4, -0.2) is 46.5 Å². The number of nitrogens with zero attached hydrogens (tertiary/aromatic N) is 2. The first-order valence-corrected chi connectivity index (χ1v) is 16.6. The Labute approximate surface area is 261 Å². The summed E-state index contributed by atoms with van der Waals surface area (Å²) in [7, 11) is -4.03. The van der Waals surface area contributed by atoms with Crippen LogP contribution < -0.4 is 15.9 Å². The van der Waals surface area contributed by atoms with Crippen molar-refractivity contribution in [3.8, 4) is 5.75 Å². The topological polar surface area (TPSA) is 158 Å². The van der Waals surface area contributed by atoms with E-state index in [0.29, 0.717) is 12.8 Å². The van der Waals surface area contributed by atoms with Crippen LogP contribution in [0.3, 0.4) is 0 Å². The normalized spacial score (nSPS) is 22.0. The van der Waals surface area contributed by atoms with E-state index in [9.17, 15) is 18.9 Å². The van der Waals surface area contributed by atoms with Crippen LogP contribution in [0.1, 0.15) is 45.4 Å². The Morgan fingerprint density at radius 1 is 1.04 bits per heavy atom. The van der Waals surface area contributed by atoms with E-state index >= 15 is 0 Å². The van der Waals surface area contributed by atoms with Crippen molar-refractivity contribution < 1.29 is 37.4 Å². The second-order valence-electron chi connectivity index (χ2n) is 11.8. The SMILES string of the molecule is CC(C)C(=O)O[C@@H]1[C@@H](COP(=O)(C[C@@H](C)C(=O)OCc2ccccc2)Oc2ccccc2)O[C@@H](n2ccc(N)nc2=O)C12CC2. The zero-order valence-electron chi connectivity index (χ0n) is 25.4. The number of nitrogen functional groups attached to an aromatic ring is 1. The van der Waals surface area contributed by atoms with Gasteiger partial charge in [0.2, 0.25) is 0 Å². The van der Waals surface area contributed by atoms with Crippen LogP contribution in [0.4, 0.5) is 5.82 Å². The van der Waals surface area contributed by atoms with Gasteiger partial charge in [-0.15, -0.1) is 0 Å². The average Bonchev–Trinajstić information content (AvgIpc) is 3.76. The first kappa shape index (κ1) is 32.4. The Kier molecular flexibility index (Phi) is 9.76. The van der Waals surface area contributed by atoms with E-state index in [1.807, 2.05) is 30.3 Å². The second-order valence-corrected chi connectivity index (χ2v) is 13.8. The molecule has 1 aliphatic carbocycles. The van der Waals surface area contributed by atoms with Gasteiger partial charge < -0.3 is 24.5 Å². The maximum absolute atomic E-state index is 14.3. The van der Waals surface area contributed by atoms with E-state index in [0.717, 1.165) is 5.56 Å². The van der Waals surface area contributed by atoms with Gasteiger partial charge in [0.05, 0.1) is 30.0 Å². The fourth-order valence-electron chi connectivity index (χ4n) is 5.31. The molecule has 5 atom stereocenters. The molecule has 1 unspecified atom stereocenters. The molecule has 1 spiro atoms. The van der Waals surface area contributed by atoms with Gasteiger partial charge in [0.15, 0.2) is 0 Å². The van der Waals surface area contributed by atoms with Crippen LogP contribution in [0.5, 0.6) is 5.75 Å². The molecule has 3 aromatic rings. The lowest BCUT2D eigenvalue weighted by Gasteiger charge is -2.26. The maximum atomic E-state index is 14.3. The van der Waals surface area contributed by atoms with Crippen molar-refractivity contribution in [1.82, 2.24) is 9.55 Å². The highest BCUT2D eigenvalue weighted by molar-refractivity contribution is 7.54. The van der Waals surface area contributed by atoms with Crippen molar-refractivity contribution in [3.63, 3.8) is 0 Å². The van der Waals surface area contributed by atoms with Crippen LogP contribution in [0.2, 0.25) is 0 Å². The van der Waals surface area contributed by atoms with Crippen molar-refractivity contribution in [2.24, 2.45) is 17.3 Å². The molecule has 2 fully saturated rings. The van der Waals surface area contributed by atoms with Crippen LogP contribution >= 0.6 is 7.60 Å². The fraction of sp³-hybridized carbons (Fsp3) is 0.438. The van der Waals surface area contributed by atoms with Crippen molar-refractivity contribution in [2.45, 2.75) is 58.7 Å². The smallest absolute Gasteiger partial charge is 0.380 e. The standard InChI is InChI=1S/C32H38N3O9P/c1-21(2)28(36)43-27-25(42-30(32(27)15-16-32)35-17-14-26(33)34-31(35)38)19-41-45(39,44-24-12-8-5-9-13-24)20-22(3)29(37)40-18-23-10-6-4-7-11-23/h4-14,17,21-22,25,27,30H,15-16,18-20H2,1-3H3,(H2,33,34,38)/t22-,25-,27-,30-,45?/m1/s1. The first-order valence-electron chi connectivity index (χ1n) is 14.9. The highest BCUT2D eigenvalue weighted by atomic mass is 31.2. The summed E-state index contributed by atoms with van der Waals surface area (Å²) in [6.45, 7) is 4.79. The number of carbonyl (C=O) groups is 2. The molecule has 2 heterocycles. The van der Waals surface area contributed by atoms with Crippen LogP contribution in [-0.2, 0) is 39.5 Å². The number of hydrogen-bond donors (Lipinski definition) is 1. The van der Waals surface area contributed by atoms with E-state index in [-0.39, 0.29) is 30.9 Å². The summed E-state index contributed by atoms with van der Waals surface area (Å²) in [6, 6.07) is 19.2. The largest absolute Gasteiger partial charge is 0.461 e. The molecule has 1 saturated heterocycles. The molecule has 1 aliphatic heterocycles. The third-order valence-electron chi connectivity index (χ3n) is 7.89. The molecule has 0 amide bonds. The Bertz CT molecular complexity index is 1590. The summed E-state index contributed by atoms with van der Waals surface area (Å²) in [5.74, 6) is -1.91. The molecule has 13 heteroatoms. The van der Waals surface area contributed by atoms with Crippen LogP contribution in [0.15, 0.2) is 77.7 Å². The van der Waals surface area contributed by atoms with E-state index in [4.69, 9.17) is 29.0 Å². The molecule has 2 N–H and O–H groups in total. The number of carbonyl (C=O) groups excluding carboxylic acids is 2. The van der Waals surface area contributed by atoms with E-state index in [1.54, 1.807) is 51.1 Å². The summed E-state index contributed by atoms with van der Waals surface area (Å²) in [4.78, 5) is 42.3. The quantitative estimate of drug-likeness (QED) is 0.203. The Balaban J connectivity index is 1.36. The predicted octanol–water partition coefficient (Wildman–Crippen LogP) is 4.74. The molecule has 12 nitrogen and oxygen atoms in total. The first-order chi connectivity index (χ1) is 21.5. The number of anilines is 1. The second kappa shape index (κ2) is 13.6. The summed E-state index contributed by atoms with van der Waals surface area (Å²) in [5.41, 5.74) is 5.20. The monoisotopic (exact) mass is 639 g/mol. The maximum Gasteiger partial charge on any atom is 0.380 e. The number of ether oxygens (including phenoxy) is 3. The zero-order chi connectivity index (χ0) is 32.2. The summed E-state index contributed by atoms with van der Waals surface area (Å²) in [6.07, 6.45) is -0.0933. The van der Waals surface area contributed by atoms with Crippen LogP contribution in [0, 0.1) is 17.3 Å². The Hall–Kier alpha value is -3.99. The molecule has 240 valence electrons. The highest BCUT2D eigenvalue weighted by Crippen LogP contribution is 2.64.